The molecule has 134 valence electrons. The van der Waals surface area contributed by atoms with Gasteiger partial charge in [0.05, 0.1) is 5.69 Å². The first-order valence-electron chi connectivity index (χ1n) is 8.73. The van der Waals surface area contributed by atoms with Crippen LogP contribution in [0.1, 0.15) is 42.7 Å². The van der Waals surface area contributed by atoms with E-state index in [1.165, 1.54) is 17.7 Å². The lowest BCUT2D eigenvalue weighted by Gasteiger charge is -2.19. The van der Waals surface area contributed by atoms with Crippen LogP contribution in [-0.2, 0) is 12.0 Å². The van der Waals surface area contributed by atoms with Gasteiger partial charge in [-0.3, -0.25) is 0 Å². The lowest BCUT2D eigenvalue weighted by molar-refractivity contribution is 0.472. The van der Waals surface area contributed by atoms with E-state index in [1.54, 1.807) is 0 Å². The van der Waals surface area contributed by atoms with Crippen molar-refractivity contribution in [1.29, 1.82) is 0 Å². The maximum absolute atomic E-state index is 13.1. The standard InChI is InChI=1S/C19H25FN4O/c1-4-21-18(22-11-17-24-13(2)14(3)25-17)23-12-19(9-10-19)15-5-7-16(20)8-6-15/h5-8H,4,9-12H2,1-3H3,(H2,21,22,23). The number of halogens is 1. The Labute approximate surface area is 147 Å². The molecule has 0 aliphatic heterocycles. The average molecular weight is 344 g/mol. The quantitative estimate of drug-likeness (QED) is 0.624. The third-order valence-electron chi connectivity index (χ3n) is 4.69. The number of hydrogen-bond acceptors (Lipinski definition) is 3. The second-order valence-electron chi connectivity index (χ2n) is 6.59. The summed E-state index contributed by atoms with van der Waals surface area (Å²) in [5.41, 5.74) is 2.16. The minimum absolute atomic E-state index is 0.0833. The van der Waals surface area contributed by atoms with E-state index in [0.717, 1.165) is 43.3 Å². The number of nitrogens with zero attached hydrogens (tertiary/aromatic N) is 2. The number of rotatable bonds is 6. The summed E-state index contributed by atoms with van der Waals surface area (Å²) in [6.45, 7) is 7.80. The van der Waals surface area contributed by atoms with E-state index in [2.05, 4.69) is 20.6 Å². The molecule has 3 rings (SSSR count). The minimum atomic E-state index is -0.195. The Morgan fingerprint density at radius 1 is 1.24 bits per heavy atom. The molecule has 1 fully saturated rings. The summed E-state index contributed by atoms with van der Waals surface area (Å²) in [7, 11) is 0. The van der Waals surface area contributed by atoms with Gasteiger partial charge in [0.1, 0.15) is 18.1 Å². The summed E-state index contributed by atoms with van der Waals surface area (Å²) < 4.78 is 18.7. The molecule has 0 saturated heterocycles. The molecular weight excluding hydrogens is 319 g/mol. The van der Waals surface area contributed by atoms with Crippen LogP contribution in [0.2, 0.25) is 0 Å². The van der Waals surface area contributed by atoms with Gasteiger partial charge >= 0.3 is 0 Å². The fraction of sp³-hybridized carbons (Fsp3) is 0.474. The third-order valence-corrected chi connectivity index (χ3v) is 4.69. The zero-order valence-corrected chi connectivity index (χ0v) is 15.0. The van der Waals surface area contributed by atoms with Crippen LogP contribution in [0.25, 0.3) is 0 Å². The first kappa shape index (κ1) is 17.5. The lowest BCUT2D eigenvalue weighted by Crippen LogP contribution is -2.41. The minimum Gasteiger partial charge on any atom is -0.444 e. The van der Waals surface area contributed by atoms with Crippen molar-refractivity contribution in [3.05, 3.63) is 53.0 Å². The van der Waals surface area contributed by atoms with E-state index >= 15 is 0 Å². The number of nitrogens with one attached hydrogen (secondary N) is 2. The van der Waals surface area contributed by atoms with Crippen LogP contribution in [-0.4, -0.2) is 24.0 Å². The molecule has 0 spiro atoms. The number of aromatic nitrogens is 1. The number of benzene rings is 1. The SMILES string of the molecule is CCNC(=NCc1nc(C)c(C)o1)NCC1(c2ccc(F)cc2)CC1. The Morgan fingerprint density at radius 3 is 2.52 bits per heavy atom. The first-order chi connectivity index (χ1) is 12.0. The molecule has 25 heavy (non-hydrogen) atoms. The third kappa shape index (κ3) is 4.18. The molecule has 5 nitrogen and oxygen atoms in total. The molecule has 1 heterocycles. The van der Waals surface area contributed by atoms with Crippen molar-refractivity contribution < 1.29 is 8.81 Å². The van der Waals surface area contributed by atoms with Crippen LogP contribution < -0.4 is 10.6 Å². The van der Waals surface area contributed by atoms with Gasteiger partial charge in [-0.2, -0.15) is 0 Å². The van der Waals surface area contributed by atoms with E-state index in [0.29, 0.717) is 12.4 Å². The number of aryl methyl sites for hydroxylation is 2. The zero-order valence-electron chi connectivity index (χ0n) is 15.0. The normalized spacial score (nSPS) is 15.9. The van der Waals surface area contributed by atoms with Crippen LogP contribution in [0.15, 0.2) is 33.7 Å². The van der Waals surface area contributed by atoms with E-state index in [4.69, 9.17) is 4.42 Å². The highest BCUT2D eigenvalue weighted by molar-refractivity contribution is 5.79. The van der Waals surface area contributed by atoms with Gasteiger partial charge in [-0.25, -0.2) is 14.4 Å². The first-order valence-corrected chi connectivity index (χ1v) is 8.73. The van der Waals surface area contributed by atoms with Gasteiger partial charge in [0.2, 0.25) is 5.89 Å². The number of oxazole rings is 1. The molecule has 1 aromatic carbocycles. The fourth-order valence-electron chi connectivity index (χ4n) is 2.87. The van der Waals surface area contributed by atoms with Gasteiger partial charge in [0, 0.05) is 18.5 Å². The smallest absolute Gasteiger partial charge is 0.216 e. The number of hydrogen-bond donors (Lipinski definition) is 2. The number of guanidine groups is 1. The molecule has 1 aliphatic carbocycles. The van der Waals surface area contributed by atoms with Crippen molar-refractivity contribution in [1.82, 2.24) is 15.6 Å². The van der Waals surface area contributed by atoms with Gasteiger partial charge in [-0.05, 0) is 51.3 Å². The second-order valence-corrected chi connectivity index (χ2v) is 6.59. The largest absolute Gasteiger partial charge is 0.444 e. The van der Waals surface area contributed by atoms with Crippen molar-refractivity contribution in [2.75, 3.05) is 13.1 Å². The monoisotopic (exact) mass is 344 g/mol. The Kier molecular flexibility index (Phi) is 5.06. The average Bonchev–Trinajstić information content (AvgIpc) is 3.31. The predicted molar refractivity (Wildman–Crippen MR) is 96.1 cm³/mol. The predicted octanol–water partition coefficient (Wildman–Crippen LogP) is 3.22. The van der Waals surface area contributed by atoms with Gasteiger partial charge in [0.25, 0.3) is 0 Å². The Hall–Kier alpha value is -2.37. The van der Waals surface area contributed by atoms with Crippen LogP contribution in [0.3, 0.4) is 0 Å². The van der Waals surface area contributed by atoms with Crippen molar-refractivity contribution in [2.45, 2.75) is 45.6 Å². The van der Waals surface area contributed by atoms with Crippen molar-refractivity contribution >= 4 is 5.96 Å². The molecule has 1 saturated carbocycles. The van der Waals surface area contributed by atoms with Crippen LogP contribution in [0, 0.1) is 19.7 Å². The maximum atomic E-state index is 13.1. The van der Waals surface area contributed by atoms with Gasteiger partial charge < -0.3 is 15.1 Å². The summed E-state index contributed by atoms with van der Waals surface area (Å²) in [5, 5.41) is 6.65. The Bertz CT molecular complexity index is 728. The van der Waals surface area contributed by atoms with Crippen LogP contribution in [0.4, 0.5) is 4.39 Å². The number of aliphatic imine (C=N–C) groups is 1. The molecule has 0 bridgehead atoms. The molecular formula is C19H25FN4O. The van der Waals surface area contributed by atoms with Gasteiger partial charge in [-0.15, -0.1) is 0 Å². The van der Waals surface area contributed by atoms with E-state index in [-0.39, 0.29) is 11.2 Å². The lowest BCUT2D eigenvalue weighted by atomic mass is 9.96. The molecule has 0 atom stereocenters. The van der Waals surface area contributed by atoms with Gasteiger partial charge in [-0.1, -0.05) is 12.1 Å². The summed E-state index contributed by atoms with van der Waals surface area (Å²) in [4.78, 5) is 8.91. The van der Waals surface area contributed by atoms with Crippen LogP contribution >= 0.6 is 0 Å². The molecule has 0 unspecified atom stereocenters. The Balaban J connectivity index is 1.63. The topological polar surface area (TPSA) is 62.5 Å². The molecule has 0 radical (unpaired) electrons. The van der Waals surface area contributed by atoms with Crippen molar-refractivity contribution in [3.63, 3.8) is 0 Å². The van der Waals surface area contributed by atoms with Crippen molar-refractivity contribution in [2.24, 2.45) is 4.99 Å². The summed E-state index contributed by atoms with van der Waals surface area (Å²) >= 11 is 0. The maximum Gasteiger partial charge on any atom is 0.216 e. The second kappa shape index (κ2) is 7.25. The molecule has 6 heteroatoms. The van der Waals surface area contributed by atoms with E-state index in [9.17, 15) is 4.39 Å². The fourth-order valence-corrected chi connectivity index (χ4v) is 2.87. The molecule has 1 aromatic heterocycles. The van der Waals surface area contributed by atoms with Gasteiger partial charge in [0.15, 0.2) is 5.96 Å². The highest BCUT2D eigenvalue weighted by atomic mass is 19.1. The molecule has 1 aliphatic rings. The van der Waals surface area contributed by atoms with E-state index in [1.807, 2.05) is 32.9 Å². The summed E-state index contributed by atoms with van der Waals surface area (Å²) in [5.74, 6) is 1.99. The molecule has 0 amide bonds. The van der Waals surface area contributed by atoms with Crippen LogP contribution in [0.5, 0.6) is 0 Å². The van der Waals surface area contributed by atoms with E-state index < -0.39 is 0 Å². The summed E-state index contributed by atoms with van der Waals surface area (Å²) in [6, 6.07) is 6.82. The highest BCUT2D eigenvalue weighted by Crippen LogP contribution is 2.47. The highest BCUT2D eigenvalue weighted by Gasteiger charge is 2.44. The van der Waals surface area contributed by atoms with Crippen molar-refractivity contribution in [3.8, 4) is 0 Å². The Morgan fingerprint density at radius 2 is 1.96 bits per heavy atom. The zero-order chi connectivity index (χ0) is 17.9. The molecule has 2 aromatic rings. The molecule has 2 N–H and O–H groups in total. The summed E-state index contributed by atoms with van der Waals surface area (Å²) in [6.07, 6.45) is 2.20.